The lowest BCUT2D eigenvalue weighted by Crippen LogP contribution is -2.31. The highest BCUT2D eigenvalue weighted by atomic mass is 17.1. The molecular weight excluding hydrogens is 188 g/mol. The molecule has 7 nitrogen and oxygen atoms in total. The monoisotopic (exact) mass is 204 g/mol. The Kier molecular flexibility index (Phi) is 6.42. The maximum absolute atomic E-state index is 10.6. The second-order valence-electron chi connectivity index (χ2n) is 2.82. The second-order valence-corrected chi connectivity index (χ2v) is 2.82. The van der Waals surface area contributed by atoms with Gasteiger partial charge in [-0.3, -0.25) is 9.88 Å². The van der Waals surface area contributed by atoms with Crippen molar-refractivity contribution in [3.63, 3.8) is 0 Å². The van der Waals surface area contributed by atoms with Crippen LogP contribution in [0.3, 0.4) is 0 Å². The number of nitrogens with zero attached hydrogens (tertiary/aromatic N) is 1. The summed E-state index contributed by atoms with van der Waals surface area (Å²) in [7, 11) is 0. The molecule has 0 aliphatic heterocycles. The van der Waals surface area contributed by atoms with Crippen molar-refractivity contribution in [3.05, 3.63) is 0 Å². The lowest BCUT2D eigenvalue weighted by molar-refractivity contribution is -0.235. The number of guanidine groups is 1. The molecule has 0 aromatic heterocycles. The standard InChI is InChI=1S/C7H16N4O3/c8-5(6(12)14-13)3-1-2-4-11-7(9)10/h5,13H,1-4,8H2,(H4,9,10,11)/t5-/m0/s1. The number of nitrogens with two attached hydrogens (primary N) is 3. The summed E-state index contributed by atoms with van der Waals surface area (Å²) < 4.78 is 0. The minimum Gasteiger partial charge on any atom is -0.370 e. The van der Waals surface area contributed by atoms with E-state index in [2.05, 4.69) is 9.88 Å². The van der Waals surface area contributed by atoms with Crippen LogP contribution in [0.4, 0.5) is 0 Å². The predicted molar refractivity (Wildman–Crippen MR) is 51.2 cm³/mol. The predicted octanol–water partition coefficient (Wildman–Crippen LogP) is -1.23. The molecule has 0 aromatic rings. The molecule has 0 fully saturated rings. The Balaban J connectivity index is 3.45. The first-order valence-electron chi connectivity index (χ1n) is 4.24. The van der Waals surface area contributed by atoms with Gasteiger partial charge in [0.25, 0.3) is 0 Å². The highest BCUT2D eigenvalue weighted by molar-refractivity contribution is 5.75. The fraction of sp³-hybridized carbons (Fsp3) is 0.714. The van der Waals surface area contributed by atoms with Crippen molar-refractivity contribution in [1.82, 2.24) is 0 Å². The van der Waals surface area contributed by atoms with Crippen molar-refractivity contribution < 1.29 is 14.9 Å². The molecular formula is C7H16N4O3. The van der Waals surface area contributed by atoms with E-state index in [1.54, 1.807) is 0 Å². The Labute approximate surface area is 81.8 Å². The van der Waals surface area contributed by atoms with E-state index in [1.165, 1.54) is 0 Å². The van der Waals surface area contributed by atoms with E-state index in [4.69, 9.17) is 22.5 Å². The summed E-state index contributed by atoms with van der Waals surface area (Å²) in [4.78, 5) is 17.8. The number of aliphatic imine (C=N–C) groups is 1. The van der Waals surface area contributed by atoms with Gasteiger partial charge < -0.3 is 17.2 Å². The first kappa shape index (κ1) is 12.7. The van der Waals surface area contributed by atoms with Gasteiger partial charge in [0.1, 0.15) is 6.04 Å². The van der Waals surface area contributed by atoms with E-state index in [1.807, 2.05) is 0 Å². The van der Waals surface area contributed by atoms with Crippen molar-refractivity contribution in [2.24, 2.45) is 22.2 Å². The summed E-state index contributed by atoms with van der Waals surface area (Å²) in [5, 5.41) is 8.00. The van der Waals surface area contributed by atoms with Gasteiger partial charge in [-0.05, 0) is 19.3 Å². The van der Waals surface area contributed by atoms with Crippen LogP contribution in [0.2, 0.25) is 0 Å². The fourth-order valence-electron chi connectivity index (χ4n) is 0.870. The van der Waals surface area contributed by atoms with Crippen molar-refractivity contribution in [2.75, 3.05) is 6.54 Å². The van der Waals surface area contributed by atoms with Gasteiger partial charge in [0.2, 0.25) is 0 Å². The number of hydrogen-bond acceptors (Lipinski definition) is 5. The Hall–Kier alpha value is -1.34. The van der Waals surface area contributed by atoms with Crippen molar-refractivity contribution in [1.29, 1.82) is 0 Å². The Bertz CT molecular complexity index is 203. The molecule has 0 radical (unpaired) electrons. The molecule has 7 heteroatoms. The average Bonchev–Trinajstić information content (AvgIpc) is 2.15. The highest BCUT2D eigenvalue weighted by Gasteiger charge is 2.13. The van der Waals surface area contributed by atoms with E-state index in [9.17, 15) is 4.79 Å². The fourth-order valence-corrected chi connectivity index (χ4v) is 0.870. The van der Waals surface area contributed by atoms with Crippen LogP contribution in [-0.4, -0.2) is 29.8 Å². The van der Waals surface area contributed by atoms with Crippen LogP contribution in [0.25, 0.3) is 0 Å². The van der Waals surface area contributed by atoms with E-state index in [-0.39, 0.29) is 5.96 Å². The summed E-state index contributed by atoms with van der Waals surface area (Å²) in [6.07, 6.45) is 1.84. The van der Waals surface area contributed by atoms with Gasteiger partial charge in [-0.1, -0.05) is 0 Å². The summed E-state index contributed by atoms with van der Waals surface area (Å²) in [5.41, 5.74) is 15.6. The summed E-state index contributed by atoms with van der Waals surface area (Å²) in [6.45, 7) is 0.503. The lowest BCUT2D eigenvalue weighted by Gasteiger charge is -2.05. The Morgan fingerprint density at radius 2 is 2.07 bits per heavy atom. The topological polar surface area (TPSA) is 137 Å². The summed E-state index contributed by atoms with van der Waals surface area (Å²) in [5.74, 6) is -0.782. The normalized spacial score (nSPS) is 11.9. The smallest absolute Gasteiger partial charge is 0.358 e. The molecule has 0 spiro atoms. The molecule has 82 valence electrons. The van der Waals surface area contributed by atoms with Crippen molar-refractivity contribution in [3.8, 4) is 0 Å². The average molecular weight is 204 g/mol. The van der Waals surface area contributed by atoms with E-state index in [0.29, 0.717) is 19.4 Å². The van der Waals surface area contributed by atoms with Crippen LogP contribution in [0, 0.1) is 0 Å². The van der Waals surface area contributed by atoms with Crippen LogP contribution in [0.5, 0.6) is 0 Å². The third kappa shape index (κ3) is 6.21. The van der Waals surface area contributed by atoms with Gasteiger partial charge in [-0.15, -0.1) is 0 Å². The molecule has 0 aliphatic rings. The van der Waals surface area contributed by atoms with Crippen LogP contribution in [0.1, 0.15) is 19.3 Å². The number of carbonyl (C=O) groups is 1. The molecule has 0 heterocycles. The largest absolute Gasteiger partial charge is 0.370 e. The van der Waals surface area contributed by atoms with E-state index >= 15 is 0 Å². The highest BCUT2D eigenvalue weighted by Crippen LogP contribution is 2.00. The van der Waals surface area contributed by atoms with Crippen LogP contribution in [-0.2, 0) is 9.68 Å². The van der Waals surface area contributed by atoms with Gasteiger partial charge in [0, 0.05) is 6.54 Å². The maximum Gasteiger partial charge on any atom is 0.358 e. The van der Waals surface area contributed by atoms with Gasteiger partial charge in [0.15, 0.2) is 5.96 Å². The van der Waals surface area contributed by atoms with Crippen LogP contribution >= 0.6 is 0 Å². The zero-order valence-corrected chi connectivity index (χ0v) is 7.85. The van der Waals surface area contributed by atoms with Crippen LogP contribution in [0.15, 0.2) is 4.99 Å². The minimum absolute atomic E-state index is 0.0454. The van der Waals surface area contributed by atoms with Crippen molar-refractivity contribution in [2.45, 2.75) is 25.3 Å². The minimum atomic E-state index is -0.827. The van der Waals surface area contributed by atoms with E-state index < -0.39 is 12.0 Å². The molecule has 0 aromatic carbocycles. The van der Waals surface area contributed by atoms with Gasteiger partial charge in [-0.25, -0.2) is 4.79 Å². The lowest BCUT2D eigenvalue weighted by atomic mass is 10.1. The first-order chi connectivity index (χ1) is 6.57. The van der Waals surface area contributed by atoms with Gasteiger partial charge >= 0.3 is 5.97 Å². The Morgan fingerprint density at radius 1 is 1.43 bits per heavy atom. The third-order valence-electron chi connectivity index (χ3n) is 1.61. The molecule has 7 N–H and O–H groups in total. The molecule has 0 unspecified atom stereocenters. The second kappa shape index (κ2) is 7.10. The van der Waals surface area contributed by atoms with Gasteiger partial charge in [-0.2, -0.15) is 5.26 Å². The van der Waals surface area contributed by atoms with E-state index in [0.717, 1.165) is 6.42 Å². The number of rotatable bonds is 6. The first-order valence-corrected chi connectivity index (χ1v) is 4.24. The zero-order valence-electron chi connectivity index (χ0n) is 7.85. The molecule has 0 saturated carbocycles. The summed E-state index contributed by atoms with van der Waals surface area (Å²) >= 11 is 0. The quantitative estimate of drug-likeness (QED) is 0.141. The Morgan fingerprint density at radius 3 is 2.57 bits per heavy atom. The molecule has 0 aliphatic carbocycles. The molecule has 0 bridgehead atoms. The van der Waals surface area contributed by atoms with Gasteiger partial charge in [0.05, 0.1) is 0 Å². The maximum atomic E-state index is 10.6. The molecule has 0 amide bonds. The third-order valence-corrected chi connectivity index (χ3v) is 1.61. The molecule has 14 heavy (non-hydrogen) atoms. The zero-order chi connectivity index (χ0) is 11.0. The molecule has 0 rings (SSSR count). The van der Waals surface area contributed by atoms with Crippen molar-refractivity contribution >= 4 is 11.9 Å². The number of hydrogen-bond donors (Lipinski definition) is 4. The molecule has 1 atom stereocenters. The number of unbranched alkanes of at least 4 members (excludes halogenated alkanes) is 1. The van der Waals surface area contributed by atoms with Crippen LogP contribution < -0.4 is 17.2 Å². The summed E-state index contributed by atoms with van der Waals surface area (Å²) in [6, 6.07) is -0.792. The number of carbonyl (C=O) groups excluding carboxylic acids is 1. The SMILES string of the molecule is NC(N)=NCCCC[C@H](N)C(=O)OO. The molecule has 0 saturated heterocycles.